The number of hydrogen-bond donors (Lipinski definition) is 0. The SMILES string of the molecule is O=C1c2ccccc2C(c2ccccc2)c2c(Oc3cccc4c3C(c3ccccc3)c3ccccc3C4=O)cccc21. The Labute approximate surface area is 250 Å². The van der Waals surface area contributed by atoms with Crippen LogP contribution in [0.25, 0.3) is 0 Å². The highest BCUT2D eigenvalue weighted by Gasteiger charge is 2.37. The molecule has 0 spiro atoms. The first-order chi connectivity index (χ1) is 21.2. The van der Waals surface area contributed by atoms with E-state index in [1.807, 2.05) is 121 Å². The van der Waals surface area contributed by atoms with Gasteiger partial charge in [-0.05, 0) is 34.4 Å². The normalized spacial score (nSPS) is 16.5. The van der Waals surface area contributed by atoms with E-state index in [-0.39, 0.29) is 23.4 Å². The standard InChI is InChI=1S/C40H26O3/c41-39-29-19-9-7-17-27(29)35(25-13-3-1-4-14-25)37-31(39)21-11-23-33(37)43-34-24-12-22-32-38(34)36(26-15-5-2-6-16-26)28-18-8-10-20-30(28)40(32)42/h1-24,35-36H. The molecule has 8 rings (SSSR count). The van der Waals surface area contributed by atoms with Gasteiger partial charge in [-0.2, -0.15) is 0 Å². The molecule has 3 nitrogen and oxygen atoms in total. The molecule has 0 heterocycles. The molecular weight excluding hydrogens is 528 g/mol. The predicted molar refractivity (Wildman–Crippen MR) is 167 cm³/mol. The van der Waals surface area contributed by atoms with Gasteiger partial charge in [-0.1, -0.05) is 133 Å². The highest BCUT2D eigenvalue weighted by molar-refractivity contribution is 6.14. The van der Waals surface area contributed by atoms with Crippen LogP contribution < -0.4 is 4.74 Å². The fourth-order valence-electron chi connectivity index (χ4n) is 6.87. The number of fused-ring (bicyclic) bond motifs is 4. The quantitative estimate of drug-likeness (QED) is 0.218. The fourth-order valence-corrected chi connectivity index (χ4v) is 6.87. The van der Waals surface area contributed by atoms with Crippen LogP contribution in [0, 0.1) is 0 Å². The second-order valence-corrected chi connectivity index (χ2v) is 11.1. The van der Waals surface area contributed by atoms with E-state index in [4.69, 9.17) is 4.74 Å². The minimum absolute atomic E-state index is 0.00964. The molecule has 2 unspecified atom stereocenters. The largest absolute Gasteiger partial charge is 0.457 e. The fraction of sp³-hybridized carbons (Fsp3) is 0.0500. The van der Waals surface area contributed by atoms with Gasteiger partial charge in [0, 0.05) is 45.2 Å². The van der Waals surface area contributed by atoms with E-state index < -0.39 is 0 Å². The Morgan fingerprint density at radius 2 is 0.744 bits per heavy atom. The Kier molecular flexibility index (Phi) is 5.90. The molecule has 0 saturated heterocycles. The highest BCUT2D eigenvalue weighted by atomic mass is 16.5. The number of ketones is 2. The van der Waals surface area contributed by atoms with Crippen LogP contribution in [-0.2, 0) is 0 Å². The van der Waals surface area contributed by atoms with Crippen LogP contribution in [0.5, 0.6) is 11.5 Å². The molecule has 0 N–H and O–H groups in total. The molecule has 3 heteroatoms. The first-order valence-corrected chi connectivity index (χ1v) is 14.5. The van der Waals surface area contributed by atoms with Crippen molar-refractivity contribution in [2.24, 2.45) is 0 Å². The van der Waals surface area contributed by atoms with Crippen LogP contribution in [0.2, 0.25) is 0 Å². The van der Waals surface area contributed by atoms with Gasteiger partial charge in [0.1, 0.15) is 11.5 Å². The second-order valence-electron chi connectivity index (χ2n) is 11.1. The molecule has 0 aromatic heterocycles. The van der Waals surface area contributed by atoms with Gasteiger partial charge in [-0.3, -0.25) is 9.59 Å². The van der Waals surface area contributed by atoms with Gasteiger partial charge >= 0.3 is 0 Å². The first-order valence-electron chi connectivity index (χ1n) is 14.5. The summed E-state index contributed by atoms with van der Waals surface area (Å²) < 4.78 is 6.90. The van der Waals surface area contributed by atoms with Crippen molar-refractivity contribution >= 4 is 11.6 Å². The first kappa shape index (κ1) is 25.2. The highest BCUT2D eigenvalue weighted by Crippen LogP contribution is 2.49. The van der Waals surface area contributed by atoms with Gasteiger partial charge < -0.3 is 4.74 Å². The third-order valence-corrected chi connectivity index (χ3v) is 8.72. The zero-order chi connectivity index (χ0) is 28.9. The zero-order valence-electron chi connectivity index (χ0n) is 23.2. The molecule has 0 fully saturated rings. The summed E-state index contributed by atoms with van der Waals surface area (Å²) in [6.07, 6.45) is 0. The number of carbonyl (C=O) groups is 2. The lowest BCUT2D eigenvalue weighted by molar-refractivity contribution is 0.102. The maximum atomic E-state index is 13.8. The van der Waals surface area contributed by atoms with Crippen molar-refractivity contribution in [1.82, 2.24) is 0 Å². The van der Waals surface area contributed by atoms with Gasteiger partial charge in [0.2, 0.25) is 0 Å². The second kappa shape index (κ2) is 10.1. The van der Waals surface area contributed by atoms with E-state index in [2.05, 4.69) is 24.3 Å². The Morgan fingerprint density at radius 1 is 0.372 bits per heavy atom. The van der Waals surface area contributed by atoms with E-state index in [9.17, 15) is 9.59 Å². The lowest BCUT2D eigenvalue weighted by Gasteiger charge is -2.32. The van der Waals surface area contributed by atoms with Crippen LogP contribution in [0.1, 0.15) is 77.1 Å². The third-order valence-electron chi connectivity index (χ3n) is 8.72. The summed E-state index contributed by atoms with van der Waals surface area (Å²) in [4.78, 5) is 27.7. The molecular formula is C40H26O3. The van der Waals surface area contributed by atoms with E-state index in [0.717, 1.165) is 33.4 Å². The van der Waals surface area contributed by atoms with Gasteiger partial charge in [0.05, 0.1) is 0 Å². The number of rotatable bonds is 4. The summed E-state index contributed by atoms with van der Waals surface area (Å²) in [5.74, 6) is 0.830. The number of carbonyl (C=O) groups excluding carboxylic acids is 2. The van der Waals surface area contributed by atoms with Gasteiger partial charge in [0.15, 0.2) is 11.6 Å². The van der Waals surface area contributed by atoms with Gasteiger partial charge in [0.25, 0.3) is 0 Å². The maximum absolute atomic E-state index is 13.8. The number of hydrogen-bond acceptors (Lipinski definition) is 3. The molecule has 2 aliphatic rings. The Bertz CT molecular complexity index is 1890. The number of benzene rings is 6. The smallest absolute Gasteiger partial charge is 0.193 e. The van der Waals surface area contributed by atoms with Gasteiger partial charge in [-0.25, -0.2) is 0 Å². The Hall–Kier alpha value is -5.54. The molecule has 6 aromatic carbocycles. The van der Waals surface area contributed by atoms with E-state index in [1.54, 1.807) is 0 Å². The summed E-state index contributed by atoms with van der Waals surface area (Å²) in [6.45, 7) is 0. The van der Waals surface area contributed by atoms with E-state index in [1.165, 1.54) is 0 Å². The molecule has 0 aliphatic heterocycles. The predicted octanol–water partition coefficient (Wildman–Crippen LogP) is 8.93. The molecule has 204 valence electrons. The minimum Gasteiger partial charge on any atom is -0.457 e. The summed E-state index contributed by atoms with van der Waals surface area (Å²) in [6, 6.07) is 47.6. The molecule has 6 aromatic rings. The molecule has 0 saturated carbocycles. The monoisotopic (exact) mass is 554 g/mol. The summed E-state index contributed by atoms with van der Waals surface area (Å²) in [7, 11) is 0. The summed E-state index contributed by atoms with van der Waals surface area (Å²) >= 11 is 0. The average molecular weight is 555 g/mol. The molecule has 2 atom stereocenters. The molecule has 0 bridgehead atoms. The number of ether oxygens (including phenoxy) is 1. The van der Waals surface area contributed by atoms with Crippen molar-refractivity contribution < 1.29 is 14.3 Å². The third kappa shape index (κ3) is 3.97. The van der Waals surface area contributed by atoms with Crippen LogP contribution in [0.3, 0.4) is 0 Å². The average Bonchev–Trinajstić information content (AvgIpc) is 3.07. The van der Waals surface area contributed by atoms with Gasteiger partial charge in [-0.15, -0.1) is 0 Å². The maximum Gasteiger partial charge on any atom is 0.193 e. The summed E-state index contributed by atoms with van der Waals surface area (Å²) in [5.41, 5.74) is 8.47. The van der Waals surface area contributed by atoms with Crippen molar-refractivity contribution in [3.8, 4) is 11.5 Å². The van der Waals surface area contributed by atoms with Crippen LogP contribution in [0.15, 0.2) is 146 Å². The molecule has 0 radical (unpaired) electrons. The molecule has 0 amide bonds. The van der Waals surface area contributed by atoms with Crippen molar-refractivity contribution in [1.29, 1.82) is 0 Å². The molecule has 2 aliphatic carbocycles. The molecule has 43 heavy (non-hydrogen) atoms. The lowest BCUT2D eigenvalue weighted by atomic mass is 9.73. The zero-order valence-corrected chi connectivity index (χ0v) is 23.2. The van der Waals surface area contributed by atoms with Crippen molar-refractivity contribution in [2.45, 2.75) is 11.8 Å². The summed E-state index contributed by atoms with van der Waals surface area (Å²) in [5, 5.41) is 0. The van der Waals surface area contributed by atoms with Crippen molar-refractivity contribution in [2.75, 3.05) is 0 Å². The Morgan fingerprint density at radius 3 is 1.19 bits per heavy atom. The minimum atomic E-state index is -0.187. The lowest BCUT2D eigenvalue weighted by Crippen LogP contribution is -2.22. The van der Waals surface area contributed by atoms with E-state index in [0.29, 0.717) is 33.8 Å². The van der Waals surface area contributed by atoms with Crippen LogP contribution in [-0.4, -0.2) is 11.6 Å². The van der Waals surface area contributed by atoms with Crippen molar-refractivity contribution in [3.63, 3.8) is 0 Å². The topological polar surface area (TPSA) is 43.4 Å². The van der Waals surface area contributed by atoms with E-state index >= 15 is 0 Å². The van der Waals surface area contributed by atoms with Crippen molar-refractivity contribution in [3.05, 3.63) is 201 Å². The Balaban J connectivity index is 1.34. The van der Waals surface area contributed by atoms with Crippen LogP contribution in [0.4, 0.5) is 0 Å². The van der Waals surface area contributed by atoms with Crippen LogP contribution >= 0.6 is 0 Å².